The summed E-state index contributed by atoms with van der Waals surface area (Å²) in [6, 6.07) is 4.84. The van der Waals surface area contributed by atoms with Crippen molar-refractivity contribution < 1.29 is 4.92 Å². The second-order valence-electron chi connectivity index (χ2n) is 3.83. The van der Waals surface area contributed by atoms with Crippen LogP contribution in [0.5, 0.6) is 0 Å². The van der Waals surface area contributed by atoms with Gasteiger partial charge in [0.1, 0.15) is 6.20 Å². The zero-order valence-corrected chi connectivity index (χ0v) is 10.4. The first kappa shape index (κ1) is 13.0. The molecule has 0 fully saturated rings. The minimum absolute atomic E-state index is 0.0899. The van der Waals surface area contributed by atoms with Crippen molar-refractivity contribution in [1.82, 2.24) is 9.55 Å². The van der Waals surface area contributed by atoms with Crippen LogP contribution in [0, 0.1) is 10.1 Å². The van der Waals surface area contributed by atoms with Gasteiger partial charge in [0, 0.05) is 10.7 Å². The number of nitrogens with two attached hydrogens (primary N) is 1. The van der Waals surface area contributed by atoms with E-state index in [2.05, 4.69) is 4.98 Å². The Hall–Kier alpha value is -2.41. The van der Waals surface area contributed by atoms with Crippen molar-refractivity contribution in [2.24, 2.45) is 0 Å². The molecular formula is C11H9ClN4O3. The van der Waals surface area contributed by atoms with Crippen LogP contribution in [0.15, 0.2) is 35.4 Å². The van der Waals surface area contributed by atoms with Gasteiger partial charge in [-0.15, -0.1) is 0 Å². The highest BCUT2D eigenvalue weighted by atomic mass is 35.5. The number of anilines is 1. The standard InChI is InChI=1S/C11H9ClN4O3/c12-10-3-8(13)2-1-7(10)5-15-6-9(16(18)19)4-14-11(15)17/h1-4,6H,5,13H2. The minimum Gasteiger partial charge on any atom is -0.399 e. The zero-order valence-electron chi connectivity index (χ0n) is 9.62. The van der Waals surface area contributed by atoms with Crippen LogP contribution < -0.4 is 11.4 Å². The average molecular weight is 281 g/mol. The molecule has 0 saturated heterocycles. The normalized spacial score (nSPS) is 10.4. The van der Waals surface area contributed by atoms with Gasteiger partial charge in [0.2, 0.25) is 0 Å². The summed E-state index contributed by atoms with van der Waals surface area (Å²) in [5.41, 5.74) is 5.84. The fraction of sp³-hybridized carbons (Fsp3) is 0.0909. The van der Waals surface area contributed by atoms with E-state index in [1.807, 2.05) is 0 Å². The molecule has 1 aromatic carbocycles. The van der Waals surface area contributed by atoms with Crippen LogP contribution in [0.3, 0.4) is 0 Å². The molecule has 1 heterocycles. The van der Waals surface area contributed by atoms with Crippen LogP contribution in [0.2, 0.25) is 5.02 Å². The van der Waals surface area contributed by atoms with E-state index in [1.165, 1.54) is 0 Å². The van der Waals surface area contributed by atoms with Gasteiger partial charge in [-0.05, 0) is 17.7 Å². The van der Waals surface area contributed by atoms with Crippen LogP contribution in [-0.4, -0.2) is 14.5 Å². The molecule has 0 radical (unpaired) electrons. The number of nitrogens with zero attached hydrogens (tertiary/aromatic N) is 3. The summed E-state index contributed by atoms with van der Waals surface area (Å²) in [7, 11) is 0. The maximum Gasteiger partial charge on any atom is 0.348 e. The smallest absolute Gasteiger partial charge is 0.348 e. The number of hydrogen-bond donors (Lipinski definition) is 1. The molecule has 7 nitrogen and oxygen atoms in total. The van der Waals surface area contributed by atoms with E-state index in [0.717, 1.165) is 17.0 Å². The van der Waals surface area contributed by atoms with Gasteiger partial charge in [0.15, 0.2) is 0 Å². The number of benzene rings is 1. The topological polar surface area (TPSA) is 104 Å². The number of halogens is 1. The second-order valence-corrected chi connectivity index (χ2v) is 4.24. The van der Waals surface area contributed by atoms with Crippen molar-refractivity contribution in [1.29, 1.82) is 0 Å². The lowest BCUT2D eigenvalue weighted by Crippen LogP contribution is -2.23. The summed E-state index contributed by atoms with van der Waals surface area (Å²) < 4.78 is 1.12. The molecule has 0 saturated carbocycles. The Morgan fingerprint density at radius 1 is 1.47 bits per heavy atom. The summed E-state index contributed by atoms with van der Waals surface area (Å²) in [6.07, 6.45) is 2.05. The zero-order chi connectivity index (χ0) is 14.0. The van der Waals surface area contributed by atoms with Crippen LogP contribution in [0.4, 0.5) is 11.4 Å². The molecule has 2 aromatic rings. The largest absolute Gasteiger partial charge is 0.399 e. The molecule has 8 heteroatoms. The van der Waals surface area contributed by atoms with E-state index in [1.54, 1.807) is 18.2 Å². The number of rotatable bonds is 3. The van der Waals surface area contributed by atoms with Gasteiger partial charge in [-0.3, -0.25) is 14.7 Å². The SMILES string of the molecule is Nc1ccc(Cn2cc([N+](=O)[O-])cnc2=O)c(Cl)c1. The van der Waals surface area contributed by atoms with E-state index < -0.39 is 10.6 Å². The van der Waals surface area contributed by atoms with Gasteiger partial charge in [0.05, 0.1) is 17.7 Å². The molecular weight excluding hydrogens is 272 g/mol. The lowest BCUT2D eigenvalue weighted by Gasteiger charge is -2.07. The van der Waals surface area contributed by atoms with Crippen LogP contribution >= 0.6 is 11.6 Å². The van der Waals surface area contributed by atoms with E-state index in [0.29, 0.717) is 16.3 Å². The number of aromatic nitrogens is 2. The van der Waals surface area contributed by atoms with Crippen molar-refractivity contribution in [2.45, 2.75) is 6.54 Å². The molecule has 0 bridgehead atoms. The first-order valence-corrected chi connectivity index (χ1v) is 5.60. The predicted molar refractivity (Wildman–Crippen MR) is 70.1 cm³/mol. The fourth-order valence-corrected chi connectivity index (χ4v) is 1.78. The monoisotopic (exact) mass is 280 g/mol. The number of nitro groups is 1. The summed E-state index contributed by atoms with van der Waals surface area (Å²) in [5.74, 6) is 0. The van der Waals surface area contributed by atoms with Crippen molar-refractivity contribution in [3.63, 3.8) is 0 Å². The quantitative estimate of drug-likeness (QED) is 0.520. The lowest BCUT2D eigenvalue weighted by atomic mass is 10.2. The molecule has 19 heavy (non-hydrogen) atoms. The van der Waals surface area contributed by atoms with Crippen molar-refractivity contribution in [3.05, 3.63) is 61.8 Å². The summed E-state index contributed by atoms with van der Waals surface area (Å²) in [5, 5.41) is 11.0. The van der Waals surface area contributed by atoms with Gasteiger partial charge in [-0.1, -0.05) is 17.7 Å². The van der Waals surface area contributed by atoms with E-state index >= 15 is 0 Å². The third-order valence-electron chi connectivity index (χ3n) is 2.47. The van der Waals surface area contributed by atoms with Gasteiger partial charge < -0.3 is 5.73 Å². The highest BCUT2D eigenvalue weighted by molar-refractivity contribution is 6.31. The maximum absolute atomic E-state index is 11.5. The Morgan fingerprint density at radius 2 is 2.21 bits per heavy atom. The Morgan fingerprint density at radius 3 is 2.84 bits per heavy atom. The molecule has 0 spiro atoms. The van der Waals surface area contributed by atoms with E-state index in [4.69, 9.17) is 17.3 Å². The van der Waals surface area contributed by atoms with E-state index in [-0.39, 0.29) is 12.2 Å². The summed E-state index contributed by atoms with van der Waals surface area (Å²) in [6.45, 7) is 0.0899. The highest BCUT2D eigenvalue weighted by Crippen LogP contribution is 2.20. The summed E-state index contributed by atoms with van der Waals surface area (Å²) >= 11 is 5.98. The minimum atomic E-state index is -0.618. The number of nitrogen functional groups attached to an aromatic ring is 1. The van der Waals surface area contributed by atoms with Crippen molar-refractivity contribution in [2.75, 3.05) is 5.73 Å². The van der Waals surface area contributed by atoms with Crippen LogP contribution in [0.1, 0.15) is 5.56 Å². The lowest BCUT2D eigenvalue weighted by molar-refractivity contribution is -0.385. The molecule has 0 aliphatic carbocycles. The van der Waals surface area contributed by atoms with E-state index in [9.17, 15) is 14.9 Å². The van der Waals surface area contributed by atoms with Gasteiger partial charge in [0.25, 0.3) is 0 Å². The number of hydrogen-bond acceptors (Lipinski definition) is 5. The van der Waals surface area contributed by atoms with Crippen molar-refractivity contribution >= 4 is 23.0 Å². The van der Waals surface area contributed by atoms with Crippen molar-refractivity contribution in [3.8, 4) is 0 Å². The molecule has 1 aromatic heterocycles. The fourth-order valence-electron chi connectivity index (χ4n) is 1.53. The first-order valence-electron chi connectivity index (χ1n) is 5.22. The molecule has 2 rings (SSSR count). The molecule has 98 valence electrons. The third kappa shape index (κ3) is 2.89. The molecule has 0 amide bonds. The molecule has 0 atom stereocenters. The van der Waals surface area contributed by atoms with Crippen LogP contribution in [0.25, 0.3) is 0 Å². The molecule has 0 unspecified atom stereocenters. The van der Waals surface area contributed by atoms with Gasteiger partial charge >= 0.3 is 11.4 Å². The Labute approximate surface area is 112 Å². The van der Waals surface area contributed by atoms with Gasteiger partial charge in [-0.25, -0.2) is 4.79 Å². The molecule has 2 N–H and O–H groups in total. The Balaban J connectivity index is 2.40. The van der Waals surface area contributed by atoms with Crippen LogP contribution in [-0.2, 0) is 6.54 Å². The Kier molecular flexibility index (Phi) is 3.48. The molecule has 0 aliphatic heterocycles. The molecule has 0 aliphatic rings. The van der Waals surface area contributed by atoms with Gasteiger partial charge in [-0.2, -0.15) is 4.98 Å². The highest BCUT2D eigenvalue weighted by Gasteiger charge is 2.10. The second kappa shape index (κ2) is 5.07. The Bertz CT molecular complexity index is 699. The summed E-state index contributed by atoms with van der Waals surface area (Å²) in [4.78, 5) is 25.0. The first-order chi connectivity index (χ1) is 8.97. The predicted octanol–water partition coefficient (Wildman–Crippen LogP) is 1.44. The maximum atomic E-state index is 11.5. The average Bonchev–Trinajstić information content (AvgIpc) is 2.34. The third-order valence-corrected chi connectivity index (χ3v) is 2.82.